The van der Waals surface area contributed by atoms with E-state index in [0.29, 0.717) is 29.9 Å². The van der Waals surface area contributed by atoms with E-state index < -0.39 is 5.92 Å². The predicted octanol–water partition coefficient (Wildman–Crippen LogP) is 3.96. The van der Waals surface area contributed by atoms with Crippen LogP contribution in [0.3, 0.4) is 0 Å². The van der Waals surface area contributed by atoms with E-state index in [9.17, 15) is 9.59 Å². The molecule has 6 heteroatoms. The van der Waals surface area contributed by atoms with Gasteiger partial charge in [-0.2, -0.15) is 11.8 Å². The van der Waals surface area contributed by atoms with Gasteiger partial charge in [0, 0.05) is 34.7 Å². The number of carbonyl (C=O) groups excluding carboxylic acids is 2. The quantitative estimate of drug-likeness (QED) is 0.551. The van der Waals surface area contributed by atoms with Crippen LogP contribution in [0.2, 0.25) is 0 Å². The van der Waals surface area contributed by atoms with Crippen LogP contribution in [0.25, 0.3) is 0 Å². The highest BCUT2D eigenvalue weighted by atomic mass is 32.2. The summed E-state index contributed by atoms with van der Waals surface area (Å²) in [6.45, 7) is 4.31. The molecule has 28 heavy (non-hydrogen) atoms. The molecule has 0 aromatic heterocycles. The summed E-state index contributed by atoms with van der Waals surface area (Å²) in [6, 6.07) is 7.58. The fourth-order valence-corrected chi connectivity index (χ4v) is 4.38. The molecule has 1 aromatic carbocycles. The van der Waals surface area contributed by atoms with Gasteiger partial charge in [0.25, 0.3) is 0 Å². The highest BCUT2D eigenvalue weighted by molar-refractivity contribution is 7.99. The number of allylic oxidation sites excluding steroid dienone is 3. The zero-order valence-electron chi connectivity index (χ0n) is 16.7. The van der Waals surface area contributed by atoms with E-state index in [0.717, 1.165) is 41.3 Å². The van der Waals surface area contributed by atoms with Crippen molar-refractivity contribution in [2.45, 2.75) is 39.0 Å². The number of hydrogen-bond donors (Lipinski definition) is 1. The maximum Gasteiger partial charge on any atom is 0.336 e. The van der Waals surface area contributed by atoms with E-state index in [1.165, 1.54) is 0 Å². The van der Waals surface area contributed by atoms with Crippen LogP contribution < -0.4 is 10.1 Å². The monoisotopic (exact) mass is 401 g/mol. The minimum Gasteiger partial charge on any atom is -0.496 e. The Hall–Kier alpha value is -2.21. The molecule has 5 nitrogen and oxygen atoms in total. The Morgan fingerprint density at radius 2 is 2.07 bits per heavy atom. The predicted molar refractivity (Wildman–Crippen MR) is 111 cm³/mol. The number of hydrogen-bond acceptors (Lipinski definition) is 6. The summed E-state index contributed by atoms with van der Waals surface area (Å²) >= 11 is 1.73. The summed E-state index contributed by atoms with van der Waals surface area (Å²) in [5.74, 6) is 1.65. The number of nitrogens with one attached hydrogen (secondary N) is 1. The molecular formula is C22H27NO4S. The van der Waals surface area contributed by atoms with Crippen LogP contribution >= 0.6 is 11.8 Å². The average molecular weight is 402 g/mol. The van der Waals surface area contributed by atoms with Gasteiger partial charge in [0.05, 0.1) is 18.6 Å². The summed E-state index contributed by atoms with van der Waals surface area (Å²) in [6.07, 6.45) is 2.13. The van der Waals surface area contributed by atoms with Gasteiger partial charge >= 0.3 is 5.97 Å². The molecule has 0 amide bonds. The number of carbonyl (C=O) groups is 2. The number of ketones is 1. The number of Topliss-reactive ketones (excluding diaryl/α,β-unsaturated/α-hetero) is 1. The number of rotatable bonds is 7. The van der Waals surface area contributed by atoms with E-state index in [1.807, 2.05) is 31.2 Å². The Morgan fingerprint density at radius 1 is 1.29 bits per heavy atom. The summed E-state index contributed by atoms with van der Waals surface area (Å²) in [7, 11) is 1.61. The number of methoxy groups -OCH3 is 1. The van der Waals surface area contributed by atoms with Gasteiger partial charge < -0.3 is 14.8 Å². The first-order chi connectivity index (χ1) is 13.6. The molecule has 0 unspecified atom stereocenters. The molecule has 0 radical (unpaired) electrons. The van der Waals surface area contributed by atoms with Gasteiger partial charge in [-0.05, 0) is 31.6 Å². The summed E-state index contributed by atoms with van der Waals surface area (Å²) in [4.78, 5) is 25.9. The lowest BCUT2D eigenvalue weighted by Crippen LogP contribution is -2.34. The fraction of sp³-hybridized carbons (Fsp3) is 0.455. The van der Waals surface area contributed by atoms with E-state index in [4.69, 9.17) is 9.47 Å². The number of ether oxygens (including phenoxy) is 2. The Bertz CT molecular complexity index is 828. The van der Waals surface area contributed by atoms with Crippen LogP contribution in [0.15, 0.2) is 46.8 Å². The average Bonchev–Trinajstić information content (AvgIpc) is 2.70. The zero-order chi connectivity index (χ0) is 20.1. The van der Waals surface area contributed by atoms with Gasteiger partial charge in [0.1, 0.15) is 12.4 Å². The molecule has 1 aliphatic carbocycles. The smallest absolute Gasteiger partial charge is 0.336 e. The second kappa shape index (κ2) is 9.32. The Labute approximate surface area is 170 Å². The van der Waals surface area contributed by atoms with Gasteiger partial charge in [-0.25, -0.2) is 4.79 Å². The molecule has 1 atom stereocenters. The number of benzene rings is 1. The van der Waals surface area contributed by atoms with E-state index in [2.05, 4.69) is 12.2 Å². The largest absolute Gasteiger partial charge is 0.496 e. The highest BCUT2D eigenvalue weighted by Gasteiger charge is 2.40. The van der Waals surface area contributed by atoms with Crippen molar-refractivity contribution in [3.63, 3.8) is 0 Å². The third-order valence-corrected chi connectivity index (χ3v) is 5.97. The van der Waals surface area contributed by atoms with Crippen molar-refractivity contribution in [3.05, 3.63) is 52.4 Å². The van der Waals surface area contributed by atoms with E-state index in [1.54, 1.807) is 18.9 Å². The third-order valence-electron chi connectivity index (χ3n) is 5.11. The van der Waals surface area contributed by atoms with Crippen molar-refractivity contribution in [1.82, 2.24) is 5.32 Å². The van der Waals surface area contributed by atoms with Gasteiger partial charge in [0.2, 0.25) is 0 Å². The molecule has 0 spiro atoms. The first kappa shape index (κ1) is 20.5. The molecule has 0 bridgehead atoms. The fourth-order valence-electron chi connectivity index (χ4n) is 3.89. The van der Waals surface area contributed by atoms with Gasteiger partial charge in [-0.15, -0.1) is 0 Å². The van der Waals surface area contributed by atoms with E-state index >= 15 is 0 Å². The molecule has 3 rings (SSSR count). The van der Waals surface area contributed by atoms with Gasteiger partial charge in [0.15, 0.2) is 5.78 Å². The normalized spacial score (nSPS) is 19.2. The minimum absolute atomic E-state index is 0.0870. The molecular weight excluding hydrogens is 374 g/mol. The van der Waals surface area contributed by atoms with Crippen LogP contribution in [0.1, 0.15) is 44.6 Å². The summed E-state index contributed by atoms with van der Waals surface area (Å²) in [5, 5.41) is 3.31. The highest BCUT2D eigenvalue weighted by Crippen LogP contribution is 2.45. The van der Waals surface area contributed by atoms with Crippen LogP contribution in [0.5, 0.6) is 5.75 Å². The molecule has 0 saturated heterocycles. The molecule has 1 N–H and O–H groups in total. The molecule has 150 valence electrons. The Morgan fingerprint density at radius 3 is 2.82 bits per heavy atom. The van der Waals surface area contributed by atoms with Gasteiger partial charge in [-0.3, -0.25) is 4.79 Å². The van der Waals surface area contributed by atoms with Crippen molar-refractivity contribution in [1.29, 1.82) is 0 Å². The maximum atomic E-state index is 13.0. The number of dihydropyridines is 1. The molecule has 2 aliphatic rings. The zero-order valence-corrected chi connectivity index (χ0v) is 17.5. The molecule has 1 heterocycles. The Balaban J connectivity index is 2.03. The summed E-state index contributed by atoms with van der Waals surface area (Å²) < 4.78 is 11.1. The number of para-hydroxylation sites is 1. The van der Waals surface area contributed by atoms with Crippen LogP contribution in [0.4, 0.5) is 0 Å². The van der Waals surface area contributed by atoms with Crippen LogP contribution in [-0.4, -0.2) is 37.0 Å². The van der Waals surface area contributed by atoms with E-state index in [-0.39, 0.29) is 11.8 Å². The van der Waals surface area contributed by atoms with Crippen LogP contribution in [0, 0.1) is 0 Å². The van der Waals surface area contributed by atoms with Crippen molar-refractivity contribution in [3.8, 4) is 5.75 Å². The topological polar surface area (TPSA) is 64.6 Å². The molecule has 1 aromatic rings. The minimum atomic E-state index is -0.466. The third kappa shape index (κ3) is 4.12. The molecule has 0 saturated carbocycles. The van der Waals surface area contributed by atoms with Gasteiger partial charge in [-0.1, -0.05) is 25.1 Å². The second-order valence-electron chi connectivity index (χ2n) is 6.84. The van der Waals surface area contributed by atoms with Crippen LogP contribution in [-0.2, 0) is 14.3 Å². The first-order valence-corrected chi connectivity index (χ1v) is 10.9. The second-order valence-corrected chi connectivity index (χ2v) is 8.23. The molecule has 0 fully saturated rings. The lowest BCUT2D eigenvalue weighted by Gasteiger charge is -2.34. The Kier molecular flexibility index (Phi) is 6.83. The standard InChI is InChI=1S/C22H27NO4S/c1-4-28-13-12-27-22(25)19-14(2)23-16-9-7-10-17(24)21(16)20(19)15-8-5-6-11-18(15)26-3/h5-6,8,11,20,23H,4,7,9-10,12-13H2,1-3H3/t20-/m0/s1. The lowest BCUT2D eigenvalue weighted by molar-refractivity contribution is -0.138. The SMILES string of the molecule is CCSCCOC(=O)C1=C(C)NC2=C(C(=O)CCC2)[C@H]1c1ccccc1OC. The molecule has 1 aliphatic heterocycles. The first-order valence-electron chi connectivity index (χ1n) is 9.70. The van der Waals surface area contributed by atoms with Crippen molar-refractivity contribution >= 4 is 23.5 Å². The number of thioether (sulfide) groups is 1. The summed E-state index contributed by atoms with van der Waals surface area (Å²) in [5.41, 5.74) is 3.67. The van der Waals surface area contributed by atoms with Crippen molar-refractivity contribution < 1.29 is 19.1 Å². The van der Waals surface area contributed by atoms with Crippen molar-refractivity contribution in [2.24, 2.45) is 0 Å². The number of esters is 1. The van der Waals surface area contributed by atoms with Crippen molar-refractivity contribution in [2.75, 3.05) is 25.2 Å². The maximum absolute atomic E-state index is 13.0. The lowest BCUT2D eigenvalue weighted by atomic mass is 9.75.